The zero-order chi connectivity index (χ0) is 18.7. The van der Waals surface area contributed by atoms with E-state index >= 15 is 0 Å². The average molecular weight is 499 g/mol. The lowest BCUT2D eigenvalue weighted by Crippen LogP contribution is -2.15. The molecule has 0 saturated carbocycles. The van der Waals surface area contributed by atoms with Crippen LogP contribution in [0.15, 0.2) is 57.5 Å². The monoisotopic (exact) mass is 496 g/mol. The van der Waals surface area contributed by atoms with Crippen molar-refractivity contribution in [3.8, 4) is 22.5 Å². The molecule has 3 aromatic rings. The molecule has 26 heavy (non-hydrogen) atoms. The van der Waals surface area contributed by atoms with Crippen molar-refractivity contribution in [2.24, 2.45) is 0 Å². The molecule has 0 spiro atoms. The van der Waals surface area contributed by atoms with Gasteiger partial charge in [-0.1, -0.05) is 67.7 Å². The maximum absolute atomic E-state index is 12.0. The molecule has 2 aromatic carbocycles. The van der Waals surface area contributed by atoms with Crippen LogP contribution < -0.4 is 0 Å². The van der Waals surface area contributed by atoms with Crippen molar-refractivity contribution in [2.75, 3.05) is 6.61 Å². The fourth-order valence-electron chi connectivity index (χ4n) is 2.62. The molecule has 0 amide bonds. The van der Waals surface area contributed by atoms with Crippen molar-refractivity contribution in [1.29, 1.82) is 0 Å². The second-order valence-electron chi connectivity index (χ2n) is 5.49. The number of hydrogen-bond donors (Lipinski definition) is 0. The van der Waals surface area contributed by atoms with Crippen LogP contribution in [0.4, 0.5) is 0 Å². The number of hydrogen-bond acceptors (Lipinski definition) is 3. The van der Waals surface area contributed by atoms with E-state index in [0.717, 1.165) is 20.1 Å². The van der Waals surface area contributed by atoms with Gasteiger partial charge < -0.3 is 4.74 Å². The van der Waals surface area contributed by atoms with Gasteiger partial charge in [0.05, 0.1) is 17.3 Å². The molecule has 0 fully saturated rings. The Labute approximate surface area is 173 Å². The lowest BCUT2D eigenvalue weighted by atomic mass is 10.1. The Morgan fingerprint density at radius 1 is 1.12 bits per heavy atom. The molecule has 0 atom stereocenters. The standard InChI is InChI=1S/C19H15Br2ClN2O2/c1-2-26-16(25)11-24-19(13-6-4-8-15(21)10-13)17(22)18(23-24)12-5-3-7-14(20)9-12/h3-10H,2,11H2,1H3. The minimum atomic E-state index is -0.358. The summed E-state index contributed by atoms with van der Waals surface area (Å²) in [5, 5.41) is 5.09. The van der Waals surface area contributed by atoms with Gasteiger partial charge in [0.25, 0.3) is 0 Å². The molecule has 0 aliphatic carbocycles. The fraction of sp³-hybridized carbons (Fsp3) is 0.158. The Morgan fingerprint density at radius 2 is 1.73 bits per heavy atom. The van der Waals surface area contributed by atoms with Crippen LogP contribution in [0.5, 0.6) is 0 Å². The van der Waals surface area contributed by atoms with Crippen molar-refractivity contribution < 1.29 is 9.53 Å². The van der Waals surface area contributed by atoms with E-state index < -0.39 is 0 Å². The molecule has 0 saturated heterocycles. The molecule has 7 heteroatoms. The third-order valence-electron chi connectivity index (χ3n) is 3.67. The molecule has 0 radical (unpaired) electrons. The topological polar surface area (TPSA) is 44.1 Å². The third kappa shape index (κ3) is 4.19. The number of carbonyl (C=O) groups excluding carboxylic acids is 1. The predicted octanol–water partition coefficient (Wildman–Crippen LogP) is 5.96. The first-order valence-corrected chi connectivity index (χ1v) is 9.89. The van der Waals surface area contributed by atoms with Crippen molar-refractivity contribution in [3.63, 3.8) is 0 Å². The Hall–Kier alpha value is -1.63. The van der Waals surface area contributed by atoms with Gasteiger partial charge in [0.1, 0.15) is 12.2 Å². The molecule has 0 bridgehead atoms. The van der Waals surface area contributed by atoms with Crippen molar-refractivity contribution >= 4 is 49.4 Å². The summed E-state index contributed by atoms with van der Waals surface area (Å²) >= 11 is 13.6. The van der Waals surface area contributed by atoms with Gasteiger partial charge in [-0.05, 0) is 31.2 Å². The molecular formula is C19H15Br2ClN2O2. The summed E-state index contributed by atoms with van der Waals surface area (Å²) in [5.41, 5.74) is 3.02. The lowest BCUT2D eigenvalue weighted by Gasteiger charge is -2.08. The predicted molar refractivity (Wildman–Crippen MR) is 110 cm³/mol. The quantitative estimate of drug-likeness (QED) is 0.408. The van der Waals surface area contributed by atoms with E-state index in [1.54, 1.807) is 11.6 Å². The maximum atomic E-state index is 12.0. The second-order valence-corrected chi connectivity index (χ2v) is 7.70. The minimum absolute atomic E-state index is 0.0105. The number of halogens is 3. The zero-order valence-electron chi connectivity index (χ0n) is 13.9. The highest BCUT2D eigenvalue weighted by Gasteiger charge is 2.21. The number of esters is 1. The van der Waals surface area contributed by atoms with Gasteiger partial charge in [0, 0.05) is 20.1 Å². The number of aromatic nitrogens is 2. The van der Waals surface area contributed by atoms with Crippen LogP contribution in [0.2, 0.25) is 5.02 Å². The minimum Gasteiger partial charge on any atom is -0.465 e. The normalized spacial score (nSPS) is 10.8. The molecule has 134 valence electrons. The Bertz CT molecular complexity index is 956. The highest BCUT2D eigenvalue weighted by Crippen LogP contribution is 2.37. The molecule has 0 unspecified atom stereocenters. The molecule has 1 heterocycles. The summed E-state index contributed by atoms with van der Waals surface area (Å²) < 4.78 is 8.51. The SMILES string of the molecule is CCOC(=O)Cn1nc(-c2cccc(Br)c2)c(Cl)c1-c1cccc(Br)c1. The van der Waals surface area contributed by atoms with Crippen LogP contribution in [0, 0.1) is 0 Å². The zero-order valence-corrected chi connectivity index (χ0v) is 17.8. The number of benzene rings is 2. The summed E-state index contributed by atoms with van der Waals surface area (Å²) in [4.78, 5) is 12.0. The summed E-state index contributed by atoms with van der Waals surface area (Å²) in [6.45, 7) is 2.08. The largest absolute Gasteiger partial charge is 0.465 e. The number of carbonyl (C=O) groups is 1. The molecule has 0 aliphatic rings. The summed E-state index contributed by atoms with van der Waals surface area (Å²) in [5.74, 6) is -0.358. The third-order valence-corrected chi connectivity index (χ3v) is 5.02. The van der Waals surface area contributed by atoms with Crippen LogP contribution in [-0.4, -0.2) is 22.4 Å². The van der Waals surface area contributed by atoms with Crippen LogP contribution in [0.1, 0.15) is 6.92 Å². The van der Waals surface area contributed by atoms with Gasteiger partial charge in [-0.3, -0.25) is 9.48 Å². The lowest BCUT2D eigenvalue weighted by molar-refractivity contribution is -0.144. The van der Waals surface area contributed by atoms with E-state index in [0.29, 0.717) is 23.0 Å². The van der Waals surface area contributed by atoms with Gasteiger partial charge >= 0.3 is 5.97 Å². The Morgan fingerprint density at radius 3 is 2.35 bits per heavy atom. The van der Waals surface area contributed by atoms with Crippen molar-refractivity contribution in [2.45, 2.75) is 13.5 Å². The van der Waals surface area contributed by atoms with Gasteiger partial charge in [-0.15, -0.1) is 0 Å². The first kappa shape index (κ1) is 19.1. The summed E-state index contributed by atoms with van der Waals surface area (Å²) in [6.07, 6.45) is 0. The van der Waals surface area contributed by atoms with E-state index in [2.05, 4.69) is 37.0 Å². The highest BCUT2D eigenvalue weighted by atomic mass is 79.9. The molecule has 3 rings (SSSR count). The molecule has 0 N–H and O–H groups in total. The van der Waals surface area contributed by atoms with Crippen LogP contribution in [0.25, 0.3) is 22.5 Å². The van der Waals surface area contributed by atoms with Crippen LogP contribution in [0.3, 0.4) is 0 Å². The van der Waals surface area contributed by atoms with E-state index in [1.807, 2.05) is 48.5 Å². The van der Waals surface area contributed by atoms with E-state index in [-0.39, 0.29) is 12.5 Å². The number of rotatable bonds is 5. The molecule has 0 aliphatic heterocycles. The molecule has 4 nitrogen and oxygen atoms in total. The number of ether oxygens (including phenoxy) is 1. The summed E-state index contributed by atoms with van der Waals surface area (Å²) in [7, 11) is 0. The van der Waals surface area contributed by atoms with Crippen LogP contribution >= 0.6 is 43.5 Å². The van der Waals surface area contributed by atoms with E-state index in [4.69, 9.17) is 16.3 Å². The van der Waals surface area contributed by atoms with E-state index in [9.17, 15) is 4.79 Å². The first-order valence-electron chi connectivity index (χ1n) is 7.93. The van der Waals surface area contributed by atoms with Gasteiger partial charge in [-0.2, -0.15) is 5.10 Å². The second kappa shape index (κ2) is 8.37. The average Bonchev–Trinajstić information content (AvgIpc) is 2.91. The summed E-state index contributed by atoms with van der Waals surface area (Å²) in [6, 6.07) is 15.4. The fourth-order valence-corrected chi connectivity index (χ4v) is 3.77. The Balaban J connectivity index is 2.15. The molecular weight excluding hydrogens is 483 g/mol. The van der Waals surface area contributed by atoms with E-state index in [1.165, 1.54) is 0 Å². The van der Waals surface area contributed by atoms with Gasteiger partial charge in [0.15, 0.2) is 0 Å². The van der Waals surface area contributed by atoms with Gasteiger partial charge in [0.2, 0.25) is 0 Å². The van der Waals surface area contributed by atoms with Crippen molar-refractivity contribution in [3.05, 3.63) is 62.5 Å². The molecule has 1 aromatic heterocycles. The van der Waals surface area contributed by atoms with Crippen LogP contribution in [-0.2, 0) is 16.1 Å². The number of nitrogens with zero attached hydrogens (tertiary/aromatic N) is 2. The van der Waals surface area contributed by atoms with Crippen molar-refractivity contribution in [1.82, 2.24) is 9.78 Å². The van der Waals surface area contributed by atoms with Gasteiger partial charge in [-0.25, -0.2) is 0 Å². The smallest absolute Gasteiger partial charge is 0.327 e. The highest BCUT2D eigenvalue weighted by molar-refractivity contribution is 9.10. The first-order chi connectivity index (χ1) is 12.5. The Kier molecular flexibility index (Phi) is 6.16. The maximum Gasteiger partial charge on any atom is 0.327 e.